The van der Waals surface area contributed by atoms with Crippen LogP contribution in [0.5, 0.6) is 17.2 Å². The molecule has 1 saturated carbocycles. The predicted octanol–water partition coefficient (Wildman–Crippen LogP) is 2.16. The molecule has 4 nitrogen and oxygen atoms in total. The van der Waals surface area contributed by atoms with Gasteiger partial charge in [-0.25, -0.2) is 0 Å². The third-order valence-corrected chi connectivity index (χ3v) is 3.12. The van der Waals surface area contributed by atoms with Crippen molar-refractivity contribution in [3.8, 4) is 17.2 Å². The number of hydrogen-bond donors (Lipinski definition) is 1. The highest BCUT2D eigenvalue weighted by Gasteiger charge is 2.33. The van der Waals surface area contributed by atoms with E-state index >= 15 is 0 Å². The van der Waals surface area contributed by atoms with Gasteiger partial charge in [0.1, 0.15) is 0 Å². The van der Waals surface area contributed by atoms with Gasteiger partial charge < -0.3 is 19.3 Å². The van der Waals surface area contributed by atoms with Gasteiger partial charge in [0.05, 0.1) is 27.4 Å². The second-order valence-electron chi connectivity index (χ2n) is 4.21. The van der Waals surface area contributed by atoms with Crippen molar-refractivity contribution in [2.75, 3.05) is 21.3 Å². The van der Waals surface area contributed by atoms with Crippen LogP contribution in [0.25, 0.3) is 0 Å². The number of hydrogen-bond acceptors (Lipinski definition) is 4. The summed E-state index contributed by atoms with van der Waals surface area (Å²) in [6.45, 7) is 0. The fraction of sp³-hybridized carbons (Fsp3) is 0.538. The van der Waals surface area contributed by atoms with E-state index in [1.807, 2.05) is 6.07 Å². The zero-order valence-electron chi connectivity index (χ0n) is 10.4. The average Bonchev–Trinajstić information content (AvgIpc) is 3.20. The topological polar surface area (TPSA) is 47.9 Å². The largest absolute Gasteiger partial charge is 0.493 e. The second kappa shape index (κ2) is 4.84. The first-order valence-electron chi connectivity index (χ1n) is 5.69. The molecule has 94 valence electrons. The Labute approximate surface area is 101 Å². The van der Waals surface area contributed by atoms with Crippen LogP contribution in [-0.2, 0) is 0 Å². The third kappa shape index (κ3) is 2.17. The molecule has 0 saturated heterocycles. The van der Waals surface area contributed by atoms with Crippen LogP contribution in [0.3, 0.4) is 0 Å². The highest BCUT2D eigenvalue weighted by atomic mass is 16.5. The summed E-state index contributed by atoms with van der Waals surface area (Å²) in [4.78, 5) is 0. The number of ether oxygens (including phenoxy) is 3. The molecule has 1 atom stereocenters. The summed E-state index contributed by atoms with van der Waals surface area (Å²) in [7, 11) is 4.71. The maximum absolute atomic E-state index is 10.2. The van der Waals surface area contributed by atoms with Crippen LogP contribution in [0.2, 0.25) is 0 Å². The van der Waals surface area contributed by atoms with E-state index in [9.17, 15) is 5.11 Å². The zero-order chi connectivity index (χ0) is 12.4. The van der Waals surface area contributed by atoms with Crippen LogP contribution in [0.1, 0.15) is 24.5 Å². The lowest BCUT2D eigenvalue weighted by Crippen LogP contribution is -2.05. The first-order valence-corrected chi connectivity index (χ1v) is 5.69. The van der Waals surface area contributed by atoms with Gasteiger partial charge >= 0.3 is 0 Å². The predicted molar refractivity (Wildman–Crippen MR) is 63.8 cm³/mol. The standard InChI is InChI=1S/C13H18O4/c1-15-10-7-6-9(11(14)8-4-5-8)12(16-2)13(10)17-3/h6-8,11,14H,4-5H2,1-3H3. The first-order chi connectivity index (χ1) is 8.22. The molecule has 0 radical (unpaired) electrons. The van der Waals surface area contributed by atoms with Crippen LogP contribution < -0.4 is 14.2 Å². The van der Waals surface area contributed by atoms with Crippen LogP contribution >= 0.6 is 0 Å². The summed E-state index contributed by atoms with van der Waals surface area (Å²) in [6, 6.07) is 3.63. The molecule has 0 spiro atoms. The molecule has 0 heterocycles. The summed E-state index contributed by atoms with van der Waals surface area (Å²) in [5.41, 5.74) is 0.771. The normalized spacial score (nSPS) is 16.5. The highest BCUT2D eigenvalue weighted by Crippen LogP contribution is 2.48. The van der Waals surface area contributed by atoms with Gasteiger partial charge in [-0.1, -0.05) is 0 Å². The van der Waals surface area contributed by atoms with Gasteiger partial charge in [0, 0.05) is 5.56 Å². The number of rotatable bonds is 5. The maximum atomic E-state index is 10.2. The molecule has 1 unspecified atom stereocenters. The maximum Gasteiger partial charge on any atom is 0.203 e. The van der Waals surface area contributed by atoms with Crippen molar-refractivity contribution < 1.29 is 19.3 Å². The Bertz CT molecular complexity index is 399. The van der Waals surface area contributed by atoms with Crippen LogP contribution in [-0.4, -0.2) is 26.4 Å². The molecule has 1 aromatic rings. The van der Waals surface area contributed by atoms with Gasteiger partial charge in [-0.15, -0.1) is 0 Å². The van der Waals surface area contributed by atoms with Gasteiger partial charge in [0.25, 0.3) is 0 Å². The Balaban J connectivity index is 2.44. The summed E-state index contributed by atoms with van der Waals surface area (Å²) in [5, 5.41) is 10.2. The molecule has 0 bridgehead atoms. The molecule has 0 amide bonds. The van der Waals surface area contributed by atoms with E-state index in [1.165, 1.54) is 0 Å². The van der Waals surface area contributed by atoms with E-state index in [0.717, 1.165) is 18.4 Å². The smallest absolute Gasteiger partial charge is 0.203 e. The Kier molecular flexibility index (Phi) is 3.43. The molecule has 1 N–H and O–H groups in total. The molecule has 2 rings (SSSR count). The van der Waals surface area contributed by atoms with E-state index in [-0.39, 0.29) is 0 Å². The van der Waals surface area contributed by atoms with Crippen molar-refractivity contribution in [2.45, 2.75) is 18.9 Å². The SMILES string of the molecule is COc1ccc(C(O)C2CC2)c(OC)c1OC. The monoisotopic (exact) mass is 238 g/mol. The minimum Gasteiger partial charge on any atom is -0.493 e. The lowest BCUT2D eigenvalue weighted by Gasteiger charge is -2.18. The molecule has 1 fully saturated rings. The van der Waals surface area contributed by atoms with Crippen molar-refractivity contribution in [2.24, 2.45) is 5.92 Å². The molecule has 0 aliphatic heterocycles. The Hall–Kier alpha value is -1.42. The summed E-state index contributed by atoms with van der Waals surface area (Å²) >= 11 is 0. The van der Waals surface area contributed by atoms with Crippen LogP contribution in [0.15, 0.2) is 12.1 Å². The van der Waals surface area contributed by atoms with E-state index in [4.69, 9.17) is 14.2 Å². The Morgan fingerprint density at radius 1 is 1.06 bits per heavy atom. The number of aliphatic hydroxyl groups is 1. The van der Waals surface area contributed by atoms with Crippen molar-refractivity contribution in [3.63, 3.8) is 0 Å². The van der Waals surface area contributed by atoms with Gasteiger partial charge in [-0.05, 0) is 30.9 Å². The van der Waals surface area contributed by atoms with E-state index < -0.39 is 6.10 Å². The minimum atomic E-state index is -0.482. The minimum absolute atomic E-state index is 0.349. The van der Waals surface area contributed by atoms with Crippen molar-refractivity contribution in [1.82, 2.24) is 0 Å². The lowest BCUT2D eigenvalue weighted by molar-refractivity contribution is 0.149. The van der Waals surface area contributed by atoms with Crippen LogP contribution in [0, 0.1) is 5.92 Å². The number of benzene rings is 1. The van der Waals surface area contributed by atoms with E-state index in [0.29, 0.717) is 23.2 Å². The molecule has 0 aromatic heterocycles. The molecular formula is C13H18O4. The van der Waals surface area contributed by atoms with Gasteiger partial charge in [-0.2, -0.15) is 0 Å². The summed E-state index contributed by atoms with van der Waals surface area (Å²) < 4.78 is 15.8. The summed E-state index contributed by atoms with van der Waals surface area (Å²) in [5.74, 6) is 2.05. The van der Waals surface area contributed by atoms with E-state index in [1.54, 1.807) is 27.4 Å². The van der Waals surface area contributed by atoms with Gasteiger partial charge in [-0.3, -0.25) is 0 Å². The summed E-state index contributed by atoms with van der Waals surface area (Å²) in [6.07, 6.45) is 1.65. The van der Waals surface area contributed by atoms with Gasteiger partial charge in [0.2, 0.25) is 5.75 Å². The molecule has 17 heavy (non-hydrogen) atoms. The lowest BCUT2D eigenvalue weighted by atomic mass is 10.0. The molecule has 1 aromatic carbocycles. The van der Waals surface area contributed by atoms with Crippen LogP contribution in [0.4, 0.5) is 0 Å². The average molecular weight is 238 g/mol. The van der Waals surface area contributed by atoms with Gasteiger partial charge in [0.15, 0.2) is 11.5 Å². The van der Waals surface area contributed by atoms with Crippen molar-refractivity contribution in [1.29, 1.82) is 0 Å². The number of aliphatic hydroxyl groups excluding tert-OH is 1. The van der Waals surface area contributed by atoms with Crippen molar-refractivity contribution >= 4 is 0 Å². The number of methoxy groups -OCH3 is 3. The van der Waals surface area contributed by atoms with Crippen molar-refractivity contribution in [3.05, 3.63) is 17.7 Å². The fourth-order valence-electron chi connectivity index (χ4n) is 2.02. The molecule has 1 aliphatic rings. The Morgan fingerprint density at radius 2 is 1.71 bits per heavy atom. The fourth-order valence-corrected chi connectivity index (χ4v) is 2.02. The molecular weight excluding hydrogens is 220 g/mol. The highest BCUT2D eigenvalue weighted by molar-refractivity contribution is 5.56. The van der Waals surface area contributed by atoms with E-state index in [2.05, 4.69) is 0 Å². The quantitative estimate of drug-likeness (QED) is 0.854. The Morgan fingerprint density at radius 3 is 2.18 bits per heavy atom. The second-order valence-corrected chi connectivity index (χ2v) is 4.21. The molecule has 1 aliphatic carbocycles. The zero-order valence-corrected chi connectivity index (χ0v) is 10.4. The third-order valence-electron chi connectivity index (χ3n) is 3.12. The molecule has 4 heteroatoms. The first kappa shape index (κ1) is 12.0.